The van der Waals surface area contributed by atoms with Crippen LogP contribution in [0, 0.1) is 0 Å². The fraction of sp³-hybridized carbons (Fsp3) is 0.500. The summed E-state index contributed by atoms with van der Waals surface area (Å²) in [5.41, 5.74) is 3.12. The normalized spacial score (nSPS) is 28.2. The minimum absolute atomic E-state index is 0.130. The number of nitrogens with zero attached hydrogens (tertiary/aromatic N) is 1. The number of hydrogen-bond donors (Lipinski definition) is 1. The molecule has 0 spiro atoms. The molecule has 0 saturated heterocycles. The van der Waals surface area contributed by atoms with E-state index in [0.717, 1.165) is 13.1 Å². The number of hydrogen-bond acceptors (Lipinski definition) is 2. The van der Waals surface area contributed by atoms with Crippen molar-refractivity contribution in [1.82, 2.24) is 5.32 Å². The van der Waals surface area contributed by atoms with Crippen LogP contribution >= 0.6 is 0 Å². The largest absolute Gasteiger partial charge is 0.371 e. The topological polar surface area (TPSA) is 24.4 Å². The Bertz CT molecular complexity index is 436. The molecule has 2 nitrogen and oxygen atoms in total. The van der Waals surface area contributed by atoms with E-state index >= 15 is 0 Å². The standard InChI is InChI=1S/C14H18N2/c1-14(13-15-9-10-16-13)8-4-6-11-5-2-3-7-12(11)14/h2-3,5,7H,4,6,8-10H2,1H3,(H,15,16)/t14-/m1/s1. The van der Waals surface area contributed by atoms with Crippen LogP contribution in [0.3, 0.4) is 0 Å². The van der Waals surface area contributed by atoms with Gasteiger partial charge in [0, 0.05) is 12.0 Å². The van der Waals surface area contributed by atoms with E-state index in [2.05, 4.69) is 41.5 Å². The van der Waals surface area contributed by atoms with Crippen LogP contribution < -0.4 is 5.32 Å². The Morgan fingerprint density at radius 1 is 1.31 bits per heavy atom. The molecule has 2 aliphatic rings. The average molecular weight is 214 g/mol. The Kier molecular flexibility index (Phi) is 2.23. The molecule has 1 aromatic carbocycles. The predicted octanol–water partition coefficient (Wildman–Crippen LogP) is 2.28. The van der Waals surface area contributed by atoms with Gasteiger partial charge in [-0.25, -0.2) is 0 Å². The van der Waals surface area contributed by atoms with Gasteiger partial charge in [0.05, 0.1) is 6.54 Å². The molecule has 1 N–H and O–H groups in total. The van der Waals surface area contributed by atoms with Gasteiger partial charge < -0.3 is 5.32 Å². The maximum absolute atomic E-state index is 4.64. The smallest absolute Gasteiger partial charge is 0.107 e. The highest BCUT2D eigenvalue weighted by Gasteiger charge is 2.37. The maximum Gasteiger partial charge on any atom is 0.107 e. The van der Waals surface area contributed by atoms with E-state index < -0.39 is 0 Å². The monoisotopic (exact) mass is 214 g/mol. The van der Waals surface area contributed by atoms with Crippen LogP contribution in [0.15, 0.2) is 29.3 Å². The Balaban J connectivity index is 2.09. The molecule has 0 bridgehead atoms. The van der Waals surface area contributed by atoms with Gasteiger partial charge in [-0.2, -0.15) is 0 Å². The van der Waals surface area contributed by atoms with Gasteiger partial charge in [-0.3, -0.25) is 4.99 Å². The van der Waals surface area contributed by atoms with Crippen molar-refractivity contribution in [2.24, 2.45) is 4.99 Å². The predicted molar refractivity (Wildman–Crippen MR) is 67.0 cm³/mol. The first-order valence-electron chi connectivity index (χ1n) is 6.18. The summed E-state index contributed by atoms with van der Waals surface area (Å²) in [6.07, 6.45) is 3.71. The number of aryl methyl sites for hydroxylation is 1. The first-order valence-corrected chi connectivity index (χ1v) is 6.18. The van der Waals surface area contributed by atoms with Crippen molar-refractivity contribution in [3.63, 3.8) is 0 Å². The highest BCUT2D eigenvalue weighted by atomic mass is 15.1. The lowest BCUT2D eigenvalue weighted by molar-refractivity contribution is 0.502. The van der Waals surface area contributed by atoms with Crippen LogP contribution in [0.25, 0.3) is 0 Å². The molecule has 1 heterocycles. The zero-order valence-corrected chi connectivity index (χ0v) is 9.79. The van der Waals surface area contributed by atoms with E-state index in [4.69, 9.17) is 0 Å². The molecule has 1 aromatic rings. The van der Waals surface area contributed by atoms with Crippen molar-refractivity contribution in [2.75, 3.05) is 13.1 Å². The zero-order valence-electron chi connectivity index (χ0n) is 9.79. The molecule has 3 rings (SSSR count). The van der Waals surface area contributed by atoms with Crippen LogP contribution in [0.5, 0.6) is 0 Å². The lowest BCUT2D eigenvalue weighted by Gasteiger charge is -2.36. The zero-order chi connectivity index (χ0) is 11.0. The molecule has 1 atom stereocenters. The quantitative estimate of drug-likeness (QED) is 0.762. The Morgan fingerprint density at radius 3 is 3.00 bits per heavy atom. The van der Waals surface area contributed by atoms with Crippen LogP contribution in [-0.2, 0) is 11.8 Å². The van der Waals surface area contributed by atoms with Crippen LogP contribution in [0.4, 0.5) is 0 Å². The van der Waals surface area contributed by atoms with Crippen LogP contribution in [0.1, 0.15) is 30.9 Å². The lowest BCUT2D eigenvalue weighted by atomic mass is 9.70. The lowest BCUT2D eigenvalue weighted by Crippen LogP contribution is -2.42. The highest BCUT2D eigenvalue weighted by molar-refractivity contribution is 5.94. The van der Waals surface area contributed by atoms with Gasteiger partial charge in [0.25, 0.3) is 0 Å². The summed E-state index contributed by atoms with van der Waals surface area (Å²) in [6, 6.07) is 8.84. The van der Waals surface area contributed by atoms with Crippen molar-refractivity contribution >= 4 is 5.84 Å². The molecule has 0 aromatic heterocycles. The van der Waals surface area contributed by atoms with Crippen LogP contribution in [0.2, 0.25) is 0 Å². The van der Waals surface area contributed by atoms with Gasteiger partial charge in [-0.05, 0) is 37.3 Å². The van der Waals surface area contributed by atoms with Crippen molar-refractivity contribution in [3.8, 4) is 0 Å². The van der Waals surface area contributed by atoms with E-state index in [1.165, 1.54) is 36.2 Å². The minimum atomic E-state index is 0.130. The molecule has 84 valence electrons. The van der Waals surface area contributed by atoms with E-state index in [0.29, 0.717) is 0 Å². The molecule has 0 amide bonds. The third kappa shape index (κ3) is 1.36. The maximum atomic E-state index is 4.64. The van der Waals surface area contributed by atoms with Crippen molar-refractivity contribution in [2.45, 2.75) is 31.6 Å². The van der Waals surface area contributed by atoms with Crippen molar-refractivity contribution < 1.29 is 0 Å². The molecular weight excluding hydrogens is 196 g/mol. The summed E-state index contributed by atoms with van der Waals surface area (Å²) in [5, 5.41) is 3.46. The first-order chi connectivity index (χ1) is 7.81. The summed E-state index contributed by atoms with van der Waals surface area (Å²) in [7, 11) is 0. The number of aliphatic imine (C=N–C) groups is 1. The van der Waals surface area contributed by atoms with Crippen LogP contribution in [-0.4, -0.2) is 18.9 Å². The van der Waals surface area contributed by atoms with E-state index in [1.807, 2.05) is 0 Å². The van der Waals surface area contributed by atoms with Gasteiger partial charge in [0.2, 0.25) is 0 Å². The molecular formula is C14H18N2. The number of nitrogens with one attached hydrogen (secondary N) is 1. The molecule has 0 saturated carbocycles. The second kappa shape index (κ2) is 3.62. The fourth-order valence-corrected chi connectivity index (χ4v) is 3.06. The third-order valence-electron chi connectivity index (χ3n) is 3.93. The average Bonchev–Trinajstić information content (AvgIpc) is 2.84. The summed E-state index contributed by atoms with van der Waals surface area (Å²) in [5.74, 6) is 1.21. The van der Waals surface area contributed by atoms with Crippen molar-refractivity contribution in [3.05, 3.63) is 35.4 Å². The number of rotatable bonds is 1. The SMILES string of the molecule is C[C@@]1(C2=NCCN2)CCCc2ccccc21. The van der Waals surface area contributed by atoms with Gasteiger partial charge in [-0.1, -0.05) is 24.3 Å². The summed E-state index contributed by atoms with van der Waals surface area (Å²) in [6.45, 7) is 4.28. The number of amidine groups is 1. The summed E-state index contributed by atoms with van der Waals surface area (Å²) in [4.78, 5) is 4.64. The first kappa shape index (κ1) is 9.88. The molecule has 16 heavy (non-hydrogen) atoms. The Labute approximate surface area is 96.8 Å². The van der Waals surface area contributed by atoms with Crippen molar-refractivity contribution in [1.29, 1.82) is 0 Å². The second-order valence-electron chi connectivity index (χ2n) is 5.00. The highest BCUT2D eigenvalue weighted by Crippen LogP contribution is 2.38. The minimum Gasteiger partial charge on any atom is -0.371 e. The molecule has 2 heteroatoms. The molecule has 0 unspecified atom stereocenters. The Hall–Kier alpha value is -1.31. The Morgan fingerprint density at radius 2 is 2.19 bits per heavy atom. The molecule has 1 aliphatic heterocycles. The second-order valence-corrected chi connectivity index (χ2v) is 5.00. The third-order valence-corrected chi connectivity index (χ3v) is 3.93. The summed E-state index contributed by atoms with van der Waals surface area (Å²) < 4.78 is 0. The van der Waals surface area contributed by atoms with Gasteiger partial charge >= 0.3 is 0 Å². The van der Waals surface area contributed by atoms with E-state index in [1.54, 1.807) is 0 Å². The number of fused-ring (bicyclic) bond motifs is 1. The van der Waals surface area contributed by atoms with E-state index in [9.17, 15) is 0 Å². The number of benzene rings is 1. The van der Waals surface area contributed by atoms with Gasteiger partial charge in [0.1, 0.15) is 5.84 Å². The summed E-state index contributed by atoms with van der Waals surface area (Å²) >= 11 is 0. The van der Waals surface area contributed by atoms with Gasteiger partial charge in [-0.15, -0.1) is 0 Å². The molecule has 0 fully saturated rings. The molecule has 0 radical (unpaired) electrons. The fourth-order valence-electron chi connectivity index (χ4n) is 3.06. The van der Waals surface area contributed by atoms with E-state index in [-0.39, 0.29) is 5.41 Å². The van der Waals surface area contributed by atoms with Gasteiger partial charge in [0.15, 0.2) is 0 Å². The molecule has 1 aliphatic carbocycles.